The molecule has 1 aromatic carbocycles. The number of carbonyl (C=O) groups excluding carboxylic acids is 1. The first kappa shape index (κ1) is 22.6. The number of aromatic hydroxyl groups is 1. The number of pyridine rings is 1. The van der Waals surface area contributed by atoms with E-state index in [0.29, 0.717) is 37.6 Å². The van der Waals surface area contributed by atoms with Gasteiger partial charge in [0.25, 0.3) is 5.56 Å². The minimum atomic E-state index is -0.946. The number of nitrogens with zero attached hydrogens (tertiary/aromatic N) is 2. The van der Waals surface area contributed by atoms with Crippen LogP contribution in [0.1, 0.15) is 29.4 Å². The molecule has 9 nitrogen and oxygen atoms in total. The summed E-state index contributed by atoms with van der Waals surface area (Å²) < 4.78 is 17.8. The zero-order valence-electron chi connectivity index (χ0n) is 18.8. The second kappa shape index (κ2) is 9.11. The van der Waals surface area contributed by atoms with E-state index >= 15 is 0 Å². The lowest BCUT2D eigenvalue weighted by molar-refractivity contribution is -0.135. The summed E-state index contributed by atoms with van der Waals surface area (Å²) in [6.07, 6.45) is -0.142. The van der Waals surface area contributed by atoms with Crippen molar-refractivity contribution in [3.05, 3.63) is 68.0 Å². The molecule has 1 N–H and O–H groups in total. The summed E-state index contributed by atoms with van der Waals surface area (Å²) in [7, 11) is 3.17. The van der Waals surface area contributed by atoms with Gasteiger partial charge in [0.05, 0.1) is 31.8 Å². The smallest absolute Gasteiger partial charge is 0.254 e. The normalized spacial score (nSPS) is 14.9. The van der Waals surface area contributed by atoms with Gasteiger partial charge in [-0.05, 0) is 30.5 Å². The standard InChI is InChI=1S/C24H26N2O7/c1-14-10-20(27)22(29)23(33-14)17(13-21(28)26-6-8-32-9-7-26)18-11-15-4-5-16(31-3)12-19(15)25(2)24(18)30/h4-5,10-12,17,29H,6-9,13H2,1-3H3/t17-/m1/s1. The third-order valence-electron chi connectivity index (χ3n) is 5.97. The summed E-state index contributed by atoms with van der Waals surface area (Å²) in [6, 6.07) is 8.18. The van der Waals surface area contributed by atoms with Crippen LogP contribution in [-0.4, -0.2) is 53.9 Å². The molecular formula is C24H26N2O7. The molecular weight excluding hydrogens is 428 g/mol. The minimum absolute atomic E-state index is 0.0911. The molecule has 3 heterocycles. The van der Waals surface area contributed by atoms with Crippen molar-refractivity contribution in [2.24, 2.45) is 7.05 Å². The number of aromatic nitrogens is 1. The second-order valence-corrected chi connectivity index (χ2v) is 8.07. The molecule has 1 saturated heterocycles. The summed E-state index contributed by atoms with van der Waals surface area (Å²) in [5.74, 6) is -0.976. The molecule has 1 aliphatic heterocycles. The molecule has 0 spiro atoms. The molecule has 3 aromatic rings. The topological polar surface area (TPSA) is 111 Å². The maximum absolute atomic E-state index is 13.4. The fraction of sp³-hybridized carbons (Fsp3) is 0.375. The van der Waals surface area contributed by atoms with Crippen LogP contribution >= 0.6 is 0 Å². The largest absolute Gasteiger partial charge is 0.502 e. The van der Waals surface area contributed by atoms with E-state index in [4.69, 9.17) is 13.9 Å². The van der Waals surface area contributed by atoms with Crippen LogP contribution in [-0.2, 0) is 16.6 Å². The summed E-state index contributed by atoms with van der Waals surface area (Å²) in [5, 5.41) is 11.3. The van der Waals surface area contributed by atoms with E-state index in [0.717, 1.165) is 5.39 Å². The van der Waals surface area contributed by atoms with E-state index < -0.39 is 17.1 Å². The van der Waals surface area contributed by atoms with Crippen LogP contribution < -0.4 is 15.7 Å². The van der Waals surface area contributed by atoms with Gasteiger partial charge in [-0.15, -0.1) is 0 Å². The molecule has 0 radical (unpaired) electrons. The van der Waals surface area contributed by atoms with Crippen molar-refractivity contribution in [1.29, 1.82) is 0 Å². The van der Waals surface area contributed by atoms with Gasteiger partial charge in [-0.25, -0.2) is 0 Å². The second-order valence-electron chi connectivity index (χ2n) is 8.07. The Hall–Kier alpha value is -3.59. The molecule has 174 valence electrons. The van der Waals surface area contributed by atoms with Crippen LogP contribution in [0.4, 0.5) is 0 Å². The Morgan fingerprint density at radius 3 is 2.61 bits per heavy atom. The molecule has 33 heavy (non-hydrogen) atoms. The Kier molecular flexibility index (Phi) is 6.24. The van der Waals surface area contributed by atoms with Gasteiger partial charge in [0, 0.05) is 44.3 Å². The Balaban J connectivity index is 1.88. The van der Waals surface area contributed by atoms with E-state index in [1.165, 1.54) is 10.6 Å². The molecule has 0 aliphatic carbocycles. The van der Waals surface area contributed by atoms with Crippen molar-refractivity contribution >= 4 is 16.8 Å². The summed E-state index contributed by atoms with van der Waals surface area (Å²) in [6.45, 7) is 3.31. The highest BCUT2D eigenvalue weighted by molar-refractivity contribution is 5.82. The molecule has 1 amide bonds. The van der Waals surface area contributed by atoms with Crippen LogP contribution in [0.3, 0.4) is 0 Å². The zero-order valence-corrected chi connectivity index (χ0v) is 18.8. The highest BCUT2D eigenvalue weighted by atomic mass is 16.5. The average molecular weight is 454 g/mol. The third-order valence-corrected chi connectivity index (χ3v) is 5.97. The number of methoxy groups -OCH3 is 1. The number of amides is 1. The molecule has 9 heteroatoms. The van der Waals surface area contributed by atoms with Crippen molar-refractivity contribution in [3.63, 3.8) is 0 Å². The van der Waals surface area contributed by atoms with Gasteiger partial charge >= 0.3 is 0 Å². The maximum atomic E-state index is 13.4. The Morgan fingerprint density at radius 2 is 1.91 bits per heavy atom. The number of fused-ring (bicyclic) bond motifs is 1. The number of rotatable bonds is 5. The molecule has 1 aliphatic rings. The molecule has 1 fully saturated rings. The number of benzene rings is 1. The van der Waals surface area contributed by atoms with Crippen LogP contribution in [0.5, 0.6) is 11.5 Å². The molecule has 0 unspecified atom stereocenters. The quantitative estimate of drug-likeness (QED) is 0.627. The maximum Gasteiger partial charge on any atom is 0.254 e. The molecule has 0 bridgehead atoms. The first-order valence-corrected chi connectivity index (χ1v) is 10.7. The van der Waals surface area contributed by atoms with Crippen LogP contribution in [0.15, 0.2) is 44.3 Å². The van der Waals surface area contributed by atoms with Crippen LogP contribution in [0.25, 0.3) is 10.9 Å². The van der Waals surface area contributed by atoms with Gasteiger partial charge in [0.15, 0.2) is 5.76 Å². The first-order valence-electron chi connectivity index (χ1n) is 10.7. The summed E-state index contributed by atoms with van der Waals surface area (Å²) in [5.41, 5.74) is -0.0869. The van der Waals surface area contributed by atoms with E-state index in [1.54, 1.807) is 44.2 Å². The average Bonchev–Trinajstić information content (AvgIpc) is 2.82. The van der Waals surface area contributed by atoms with E-state index in [2.05, 4.69) is 0 Å². The van der Waals surface area contributed by atoms with Gasteiger partial charge in [-0.2, -0.15) is 0 Å². The minimum Gasteiger partial charge on any atom is -0.502 e. The predicted octanol–water partition coefficient (Wildman–Crippen LogP) is 1.90. The zero-order chi connectivity index (χ0) is 23.7. The number of carbonyl (C=O) groups is 1. The van der Waals surface area contributed by atoms with Crippen molar-refractivity contribution in [1.82, 2.24) is 9.47 Å². The Labute approximate surface area is 189 Å². The summed E-state index contributed by atoms with van der Waals surface area (Å²) in [4.78, 5) is 40.5. The van der Waals surface area contributed by atoms with Crippen molar-refractivity contribution in [2.75, 3.05) is 33.4 Å². The predicted molar refractivity (Wildman–Crippen MR) is 121 cm³/mol. The van der Waals surface area contributed by atoms with Crippen molar-refractivity contribution < 1.29 is 23.8 Å². The Bertz CT molecular complexity index is 1320. The SMILES string of the molecule is COc1ccc2cc([C@@H](CC(=O)N3CCOCC3)c3oc(C)cc(=O)c3O)c(=O)n(C)c2c1. The van der Waals surface area contributed by atoms with E-state index in [-0.39, 0.29) is 35.0 Å². The first-order chi connectivity index (χ1) is 15.8. The lowest BCUT2D eigenvalue weighted by Crippen LogP contribution is -2.41. The molecule has 1 atom stereocenters. The fourth-order valence-corrected chi connectivity index (χ4v) is 4.17. The lowest BCUT2D eigenvalue weighted by atomic mass is 9.91. The van der Waals surface area contributed by atoms with Crippen LogP contribution in [0.2, 0.25) is 0 Å². The van der Waals surface area contributed by atoms with Crippen LogP contribution in [0, 0.1) is 6.92 Å². The van der Waals surface area contributed by atoms with Gasteiger partial charge in [-0.3, -0.25) is 14.4 Å². The van der Waals surface area contributed by atoms with Crippen molar-refractivity contribution in [3.8, 4) is 11.5 Å². The number of hydrogen-bond acceptors (Lipinski definition) is 7. The highest BCUT2D eigenvalue weighted by Gasteiger charge is 2.31. The molecule has 4 rings (SSSR count). The monoisotopic (exact) mass is 454 g/mol. The number of ether oxygens (including phenoxy) is 2. The van der Waals surface area contributed by atoms with Gasteiger partial charge in [0.2, 0.25) is 17.1 Å². The van der Waals surface area contributed by atoms with Gasteiger partial charge < -0.3 is 28.5 Å². The highest BCUT2D eigenvalue weighted by Crippen LogP contribution is 2.33. The molecule has 2 aromatic heterocycles. The molecule has 0 saturated carbocycles. The fourth-order valence-electron chi connectivity index (χ4n) is 4.17. The van der Waals surface area contributed by atoms with E-state index in [1.807, 2.05) is 6.07 Å². The van der Waals surface area contributed by atoms with Gasteiger partial charge in [0.1, 0.15) is 11.5 Å². The third kappa shape index (κ3) is 4.36. The van der Waals surface area contributed by atoms with Gasteiger partial charge in [-0.1, -0.05) is 0 Å². The number of morpholine rings is 1. The summed E-state index contributed by atoms with van der Waals surface area (Å²) >= 11 is 0. The number of aryl methyl sites for hydroxylation is 2. The van der Waals surface area contributed by atoms with Crippen molar-refractivity contribution in [2.45, 2.75) is 19.3 Å². The number of hydrogen-bond donors (Lipinski definition) is 1. The van der Waals surface area contributed by atoms with E-state index in [9.17, 15) is 19.5 Å². The lowest BCUT2D eigenvalue weighted by Gasteiger charge is -2.28. The Morgan fingerprint density at radius 1 is 1.18 bits per heavy atom.